The summed E-state index contributed by atoms with van der Waals surface area (Å²) in [5, 5.41) is 11.4. The van der Waals surface area contributed by atoms with Crippen molar-refractivity contribution in [3.05, 3.63) is 0 Å². The molecular weight excluding hydrogens is 238 g/mol. The third-order valence-electron chi connectivity index (χ3n) is 3.45. The lowest BCUT2D eigenvalue weighted by atomic mass is 9.98. The van der Waals surface area contributed by atoms with Gasteiger partial charge in [-0.25, -0.2) is 0 Å². The zero-order valence-electron chi connectivity index (χ0n) is 9.85. The van der Waals surface area contributed by atoms with E-state index in [0.29, 0.717) is 5.92 Å². The summed E-state index contributed by atoms with van der Waals surface area (Å²) in [5.74, 6) is 1.74. The van der Waals surface area contributed by atoms with Gasteiger partial charge in [-0.15, -0.1) is 11.8 Å². The predicted molar refractivity (Wildman–Crippen MR) is 66.9 cm³/mol. The molecule has 0 radical (unpaired) electrons. The third-order valence-corrected chi connectivity index (χ3v) is 4.37. The molecule has 17 heavy (non-hydrogen) atoms. The number of carbonyl (C=O) groups excluding carboxylic acids is 1. The van der Waals surface area contributed by atoms with Crippen LogP contribution in [0.2, 0.25) is 0 Å². The zero-order chi connectivity index (χ0) is 12.3. The molecule has 2 fully saturated rings. The van der Waals surface area contributed by atoms with Gasteiger partial charge in [0, 0.05) is 6.54 Å². The Kier molecular flexibility index (Phi) is 4.31. The second-order valence-corrected chi connectivity index (χ2v) is 6.01. The average Bonchev–Trinajstić information content (AvgIpc) is 3.12. The van der Waals surface area contributed by atoms with E-state index in [0.717, 1.165) is 30.1 Å². The van der Waals surface area contributed by atoms with Gasteiger partial charge in [0.1, 0.15) is 0 Å². The first-order chi connectivity index (χ1) is 8.16. The van der Waals surface area contributed by atoms with Crippen molar-refractivity contribution in [3.8, 4) is 0 Å². The number of amides is 1. The molecule has 2 saturated carbocycles. The Balaban J connectivity index is 1.59. The predicted octanol–water partition coefficient (Wildman–Crippen LogP) is 1.36. The number of carbonyl (C=O) groups is 2. The number of hydrogen-bond donors (Lipinski definition) is 2. The maximum absolute atomic E-state index is 11.5. The fourth-order valence-corrected chi connectivity index (χ4v) is 2.84. The lowest BCUT2D eigenvalue weighted by Gasteiger charge is -2.15. The van der Waals surface area contributed by atoms with Crippen LogP contribution >= 0.6 is 11.8 Å². The molecule has 0 heterocycles. The summed E-state index contributed by atoms with van der Waals surface area (Å²) in [7, 11) is 0. The second-order valence-electron chi connectivity index (χ2n) is 5.03. The maximum Gasteiger partial charge on any atom is 0.313 e. The van der Waals surface area contributed by atoms with E-state index in [9.17, 15) is 9.59 Å². The van der Waals surface area contributed by atoms with Gasteiger partial charge < -0.3 is 10.4 Å². The summed E-state index contributed by atoms with van der Waals surface area (Å²) in [4.78, 5) is 21.8. The van der Waals surface area contributed by atoms with Gasteiger partial charge in [0.05, 0.1) is 11.5 Å². The van der Waals surface area contributed by atoms with E-state index >= 15 is 0 Å². The van der Waals surface area contributed by atoms with Crippen LogP contribution in [0.4, 0.5) is 0 Å². The number of nitrogens with one attached hydrogen (secondary N) is 1. The molecule has 2 N–H and O–H groups in total. The Morgan fingerprint density at radius 2 is 1.76 bits per heavy atom. The lowest BCUT2D eigenvalue weighted by molar-refractivity contribution is -0.133. The molecule has 4 nitrogen and oxygen atoms in total. The summed E-state index contributed by atoms with van der Waals surface area (Å²) in [6.07, 6.45) is 5.30. The van der Waals surface area contributed by atoms with Crippen LogP contribution in [0, 0.1) is 17.8 Å². The van der Waals surface area contributed by atoms with Gasteiger partial charge in [-0.2, -0.15) is 0 Å². The van der Waals surface area contributed by atoms with Crippen LogP contribution in [0.1, 0.15) is 25.7 Å². The minimum Gasteiger partial charge on any atom is -0.481 e. The van der Waals surface area contributed by atoms with Crippen LogP contribution in [0.5, 0.6) is 0 Å². The average molecular weight is 257 g/mol. The van der Waals surface area contributed by atoms with Crippen LogP contribution in [0.15, 0.2) is 0 Å². The SMILES string of the molecule is O=C(O)CSCC(=O)NCC(C1CC1)C1CC1. The van der Waals surface area contributed by atoms with Gasteiger partial charge in [-0.3, -0.25) is 9.59 Å². The molecule has 1 amide bonds. The summed E-state index contributed by atoms with van der Waals surface area (Å²) >= 11 is 1.16. The highest BCUT2D eigenvalue weighted by molar-refractivity contribution is 8.00. The van der Waals surface area contributed by atoms with Crippen molar-refractivity contribution in [2.24, 2.45) is 17.8 Å². The van der Waals surface area contributed by atoms with E-state index in [4.69, 9.17) is 5.11 Å². The molecule has 0 aliphatic heterocycles. The van der Waals surface area contributed by atoms with E-state index in [1.165, 1.54) is 25.7 Å². The molecule has 0 saturated heterocycles. The molecule has 2 rings (SSSR count). The first-order valence-electron chi connectivity index (χ1n) is 6.23. The maximum atomic E-state index is 11.5. The topological polar surface area (TPSA) is 66.4 Å². The highest BCUT2D eigenvalue weighted by Crippen LogP contribution is 2.48. The molecule has 0 aromatic carbocycles. The molecule has 0 bridgehead atoms. The van der Waals surface area contributed by atoms with Crippen molar-refractivity contribution in [2.75, 3.05) is 18.1 Å². The van der Waals surface area contributed by atoms with Crippen LogP contribution < -0.4 is 5.32 Å². The zero-order valence-corrected chi connectivity index (χ0v) is 10.7. The number of carboxylic acid groups (broad SMARTS) is 1. The largest absolute Gasteiger partial charge is 0.481 e. The van der Waals surface area contributed by atoms with Gasteiger partial charge in [0.2, 0.25) is 5.91 Å². The Morgan fingerprint density at radius 3 is 2.24 bits per heavy atom. The van der Waals surface area contributed by atoms with E-state index in [-0.39, 0.29) is 17.4 Å². The fraction of sp³-hybridized carbons (Fsp3) is 0.833. The monoisotopic (exact) mass is 257 g/mol. The molecule has 5 heteroatoms. The minimum absolute atomic E-state index is 0.00208. The van der Waals surface area contributed by atoms with E-state index in [1.54, 1.807) is 0 Å². The van der Waals surface area contributed by atoms with E-state index in [2.05, 4.69) is 5.32 Å². The van der Waals surface area contributed by atoms with Crippen molar-refractivity contribution in [2.45, 2.75) is 25.7 Å². The Morgan fingerprint density at radius 1 is 1.18 bits per heavy atom. The number of rotatable bonds is 8. The molecular formula is C12H19NO3S. The van der Waals surface area contributed by atoms with Crippen molar-refractivity contribution >= 4 is 23.6 Å². The summed E-state index contributed by atoms with van der Waals surface area (Å²) in [6, 6.07) is 0. The van der Waals surface area contributed by atoms with Crippen molar-refractivity contribution in [3.63, 3.8) is 0 Å². The number of aliphatic carboxylic acids is 1. The van der Waals surface area contributed by atoms with Crippen molar-refractivity contribution < 1.29 is 14.7 Å². The molecule has 0 aromatic heterocycles. The Labute approximate surface area is 106 Å². The molecule has 0 spiro atoms. The van der Waals surface area contributed by atoms with Gasteiger partial charge in [-0.05, 0) is 43.4 Å². The Hall–Kier alpha value is -0.710. The van der Waals surface area contributed by atoms with Gasteiger partial charge >= 0.3 is 5.97 Å². The molecule has 96 valence electrons. The lowest BCUT2D eigenvalue weighted by Crippen LogP contribution is -2.32. The summed E-state index contributed by atoms with van der Waals surface area (Å²) < 4.78 is 0. The fourth-order valence-electron chi connectivity index (χ4n) is 2.28. The van der Waals surface area contributed by atoms with Crippen LogP contribution in [-0.2, 0) is 9.59 Å². The molecule has 2 aliphatic rings. The second kappa shape index (κ2) is 5.76. The number of carboxylic acids is 1. The first-order valence-corrected chi connectivity index (χ1v) is 7.38. The van der Waals surface area contributed by atoms with Gasteiger partial charge in [-0.1, -0.05) is 0 Å². The van der Waals surface area contributed by atoms with Crippen LogP contribution in [-0.4, -0.2) is 35.0 Å². The van der Waals surface area contributed by atoms with Crippen LogP contribution in [0.25, 0.3) is 0 Å². The van der Waals surface area contributed by atoms with Gasteiger partial charge in [0.25, 0.3) is 0 Å². The minimum atomic E-state index is -0.864. The summed E-state index contributed by atoms with van der Waals surface area (Å²) in [5.41, 5.74) is 0. The quantitative estimate of drug-likeness (QED) is 0.689. The number of hydrogen-bond acceptors (Lipinski definition) is 3. The van der Waals surface area contributed by atoms with Crippen molar-refractivity contribution in [1.29, 1.82) is 0 Å². The highest BCUT2D eigenvalue weighted by Gasteiger charge is 2.41. The normalized spacial score (nSPS) is 19.4. The molecule has 2 aliphatic carbocycles. The van der Waals surface area contributed by atoms with Gasteiger partial charge in [0.15, 0.2) is 0 Å². The van der Waals surface area contributed by atoms with E-state index < -0.39 is 5.97 Å². The smallest absolute Gasteiger partial charge is 0.313 e. The van der Waals surface area contributed by atoms with Crippen molar-refractivity contribution in [1.82, 2.24) is 5.32 Å². The first kappa shape index (κ1) is 12.7. The standard InChI is InChI=1S/C12H19NO3S/c14-11(6-17-7-12(15)16)13-5-10(8-1-2-8)9-3-4-9/h8-10H,1-7H2,(H,13,14)(H,15,16). The van der Waals surface area contributed by atoms with E-state index in [1.807, 2.05) is 0 Å². The van der Waals surface area contributed by atoms with Crippen LogP contribution in [0.3, 0.4) is 0 Å². The third kappa shape index (κ3) is 4.58. The molecule has 0 aromatic rings. The number of thioether (sulfide) groups is 1. The highest BCUT2D eigenvalue weighted by atomic mass is 32.2. The summed E-state index contributed by atoms with van der Waals surface area (Å²) in [6.45, 7) is 0.793. The molecule has 0 atom stereocenters. The Bertz CT molecular complexity index is 288. The molecule has 0 unspecified atom stereocenters.